The molecule has 1 fully saturated rings. The van der Waals surface area contributed by atoms with E-state index in [-0.39, 0.29) is 0 Å². The SMILES string of the molecule is ClC1CCCC1CNCc1ccc(Br)cn1. The van der Waals surface area contributed by atoms with Crippen molar-refractivity contribution in [3.8, 4) is 0 Å². The van der Waals surface area contributed by atoms with Crippen LogP contribution in [0, 0.1) is 5.92 Å². The van der Waals surface area contributed by atoms with Crippen molar-refractivity contribution in [2.24, 2.45) is 5.92 Å². The maximum absolute atomic E-state index is 6.22. The van der Waals surface area contributed by atoms with E-state index in [9.17, 15) is 0 Å². The highest BCUT2D eigenvalue weighted by molar-refractivity contribution is 9.10. The van der Waals surface area contributed by atoms with Gasteiger partial charge in [-0.1, -0.05) is 6.42 Å². The van der Waals surface area contributed by atoms with Crippen molar-refractivity contribution in [1.29, 1.82) is 0 Å². The molecule has 1 aliphatic rings. The molecule has 2 unspecified atom stereocenters. The monoisotopic (exact) mass is 302 g/mol. The molecule has 1 aromatic rings. The maximum atomic E-state index is 6.22. The van der Waals surface area contributed by atoms with Crippen LogP contribution in [-0.2, 0) is 6.54 Å². The Kier molecular flexibility index (Phi) is 4.62. The van der Waals surface area contributed by atoms with Crippen LogP contribution in [0.5, 0.6) is 0 Å². The Balaban J connectivity index is 1.73. The molecule has 2 atom stereocenters. The number of halogens is 2. The fourth-order valence-corrected chi connectivity index (χ4v) is 2.72. The summed E-state index contributed by atoms with van der Waals surface area (Å²) in [6, 6.07) is 4.05. The number of aromatic nitrogens is 1. The van der Waals surface area contributed by atoms with Gasteiger partial charge < -0.3 is 5.32 Å². The van der Waals surface area contributed by atoms with Gasteiger partial charge in [-0.3, -0.25) is 4.98 Å². The average Bonchev–Trinajstić information content (AvgIpc) is 2.68. The van der Waals surface area contributed by atoms with Gasteiger partial charge in [-0.2, -0.15) is 0 Å². The third kappa shape index (κ3) is 3.44. The summed E-state index contributed by atoms with van der Waals surface area (Å²) in [7, 11) is 0. The molecule has 88 valence electrons. The molecule has 0 radical (unpaired) electrons. The minimum absolute atomic E-state index is 0.366. The van der Waals surface area contributed by atoms with E-state index in [0.717, 1.165) is 23.3 Å². The zero-order valence-electron chi connectivity index (χ0n) is 9.13. The Morgan fingerprint density at radius 2 is 2.31 bits per heavy atom. The Bertz CT molecular complexity index is 328. The molecule has 0 amide bonds. The van der Waals surface area contributed by atoms with Crippen LogP contribution >= 0.6 is 27.5 Å². The van der Waals surface area contributed by atoms with Crippen LogP contribution in [0.1, 0.15) is 25.0 Å². The fraction of sp³-hybridized carbons (Fsp3) is 0.583. The Morgan fingerprint density at radius 1 is 1.44 bits per heavy atom. The van der Waals surface area contributed by atoms with Crippen LogP contribution in [0.3, 0.4) is 0 Å². The standard InChI is InChI=1S/C12H16BrClN2/c13-10-4-5-11(16-7-10)8-15-6-9-2-1-3-12(9)14/h4-5,7,9,12,15H,1-3,6,8H2. The number of rotatable bonds is 4. The first kappa shape index (κ1) is 12.3. The van der Waals surface area contributed by atoms with Crippen LogP contribution in [0.2, 0.25) is 0 Å². The molecule has 1 saturated carbocycles. The van der Waals surface area contributed by atoms with Crippen LogP contribution in [0.4, 0.5) is 0 Å². The van der Waals surface area contributed by atoms with E-state index in [2.05, 4.69) is 26.2 Å². The van der Waals surface area contributed by atoms with E-state index in [0.29, 0.717) is 11.3 Å². The lowest BCUT2D eigenvalue weighted by atomic mass is 10.1. The maximum Gasteiger partial charge on any atom is 0.0542 e. The molecular formula is C12H16BrClN2. The summed E-state index contributed by atoms with van der Waals surface area (Å²) in [5, 5.41) is 3.80. The van der Waals surface area contributed by atoms with E-state index < -0.39 is 0 Å². The molecule has 0 saturated heterocycles. The van der Waals surface area contributed by atoms with Gasteiger partial charge in [-0.15, -0.1) is 11.6 Å². The number of nitrogens with one attached hydrogen (secondary N) is 1. The molecule has 1 aromatic heterocycles. The van der Waals surface area contributed by atoms with E-state index in [1.165, 1.54) is 19.3 Å². The topological polar surface area (TPSA) is 24.9 Å². The van der Waals surface area contributed by atoms with Gasteiger partial charge in [0.25, 0.3) is 0 Å². The van der Waals surface area contributed by atoms with Crippen molar-refractivity contribution in [3.63, 3.8) is 0 Å². The van der Waals surface area contributed by atoms with E-state index in [4.69, 9.17) is 11.6 Å². The largest absolute Gasteiger partial charge is 0.311 e. The smallest absolute Gasteiger partial charge is 0.0542 e. The fourth-order valence-electron chi connectivity index (χ4n) is 2.12. The molecule has 0 aromatic carbocycles. The van der Waals surface area contributed by atoms with Crippen molar-refractivity contribution in [3.05, 3.63) is 28.5 Å². The molecule has 1 heterocycles. The minimum atomic E-state index is 0.366. The summed E-state index contributed by atoms with van der Waals surface area (Å²) < 4.78 is 1.02. The number of alkyl halides is 1. The van der Waals surface area contributed by atoms with E-state index in [1.54, 1.807) is 0 Å². The van der Waals surface area contributed by atoms with Crippen LogP contribution in [0.15, 0.2) is 22.8 Å². The number of nitrogens with zero attached hydrogens (tertiary/aromatic N) is 1. The highest BCUT2D eigenvalue weighted by Crippen LogP contribution is 2.29. The van der Waals surface area contributed by atoms with Crippen LogP contribution in [-0.4, -0.2) is 16.9 Å². The summed E-state index contributed by atoms with van der Waals surface area (Å²) in [6.45, 7) is 1.83. The molecular weight excluding hydrogens is 288 g/mol. The van der Waals surface area contributed by atoms with Crippen molar-refractivity contribution < 1.29 is 0 Å². The second kappa shape index (κ2) is 5.99. The van der Waals surface area contributed by atoms with Gasteiger partial charge in [0.1, 0.15) is 0 Å². The van der Waals surface area contributed by atoms with Crippen LogP contribution < -0.4 is 5.32 Å². The quantitative estimate of drug-likeness (QED) is 0.863. The lowest BCUT2D eigenvalue weighted by molar-refractivity contribution is 0.491. The van der Waals surface area contributed by atoms with Gasteiger partial charge in [0.2, 0.25) is 0 Å². The third-order valence-corrected chi connectivity index (χ3v) is 4.11. The highest BCUT2D eigenvalue weighted by Gasteiger charge is 2.24. The number of pyridine rings is 1. The normalized spacial score (nSPS) is 24.9. The van der Waals surface area contributed by atoms with Crippen molar-refractivity contribution in [2.75, 3.05) is 6.54 Å². The lowest BCUT2D eigenvalue weighted by Gasteiger charge is -2.14. The van der Waals surface area contributed by atoms with Gasteiger partial charge in [-0.25, -0.2) is 0 Å². The van der Waals surface area contributed by atoms with E-state index in [1.807, 2.05) is 18.3 Å². The van der Waals surface area contributed by atoms with Gasteiger partial charge >= 0.3 is 0 Å². The molecule has 1 N–H and O–H groups in total. The second-order valence-electron chi connectivity index (χ2n) is 4.31. The summed E-state index contributed by atoms with van der Waals surface area (Å²) >= 11 is 9.59. The predicted molar refractivity (Wildman–Crippen MR) is 70.6 cm³/mol. The first-order chi connectivity index (χ1) is 7.75. The zero-order valence-corrected chi connectivity index (χ0v) is 11.5. The molecule has 0 bridgehead atoms. The van der Waals surface area contributed by atoms with Crippen molar-refractivity contribution in [1.82, 2.24) is 10.3 Å². The molecule has 2 rings (SSSR count). The van der Waals surface area contributed by atoms with Crippen molar-refractivity contribution in [2.45, 2.75) is 31.2 Å². The van der Waals surface area contributed by atoms with Gasteiger partial charge in [-0.05, 0) is 53.4 Å². The minimum Gasteiger partial charge on any atom is -0.311 e. The summed E-state index contributed by atoms with van der Waals surface area (Å²) in [6.07, 6.45) is 5.54. The third-order valence-electron chi connectivity index (χ3n) is 3.07. The first-order valence-electron chi connectivity index (χ1n) is 5.71. The molecule has 0 aliphatic heterocycles. The van der Waals surface area contributed by atoms with Gasteiger partial charge in [0.05, 0.1) is 5.69 Å². The first-order valence-corrected chi connectivity index (χ1v) is 6.94. The Hall–Kier alpha value is -0.120. The van der Waals surface area contributed by atoms with E-state index >= 15 is 0 Å². The number of hydrogen-bond acceptors (Lipinski definition) is 2. The molecule has 2 nitrogen and oxygen atoms in total. The zero-order chi connectivity index (χ0) is 11.4. The summed E-state index contributed by atoms with van der Waals surface area (Å²) in [5.74, 6) is 0.636. The number of hydrogen-bond donors (Lipinski definition) is 1. The predicted octanol–water partition coefficient (Wildman–Crippen LogP) is 3.34. The second-order valence-corrected chi connectivity index (χ2v) is 5.78. The summed E-state index contributed by atoms with van der Waals surface area (Å²) in [5.41, 5.74) is 1.08. The molecule has 16 heavy (non-hydrogen) atoms. The average molecular weight is 304 g/mol. The highest BCUT2D eigenvalue weighted by atomic mass is 79.9. The molecule has 4 heteroatoms. The van der Waals surface area contributed by atoms with Gasteiger partial charge in [0.15, 0.2) is 0 Å². The van der Waals surface area contributed by atoms with Crippen LogP contribution in [0.25, 0.3) is 0 Å². The van der Waals surface area contributed by atoms with Crippen molar-refractivity contribution >= 4 is 27.5 Å². The summed E-state index contributed by atoms with van der Waals surface area (Å²) in [4.78, 5) is 4.32. The molecule has 0 spiro atoms. The Labute approximate surface area is 110 Å². The lowest BCUT2D eigenvalue weighted by Crippen LogP contribution is -2.25. The Morgan fingerprint density at radius 3 is 2.94 bits per heavy atom. The molecule has 1 aliphatic carbocycles. The van der Waals surface area contributed by atoms with Gasteiger partial charge in [0, 0.05) is 22.6 Å².